The molecule has 138 valence electrons. The van der Waals surface area contributed by atoms with Gasteiger partial charge in [-0.15, -0.1) is 0 Å². The first-order chi connectivity index (χ1) is 11.8. The molecule has 1 amide bonds. The number of ether oxygens (including phenoxy) is 1. The summed E-state index contributed by atoms with van der Waals surface area (Å²) < 4.78 is 7.58. The van der Waals surface area contributed by atoms with Gasteiger partial charge in [-0.1, -0.05) is 12.8 Å². The lowest BCUT2D eigenvalue weighted by molar-refractivity contribution is -0.169. The third-order valence-corrected chi connectivity index (χ3v) is 6.36. The Morgan fingerprint density at radius 2 is 1.96 bits per heavy atom. The Morgan fingerprint density at radius 3 is 2.48 bits per heavy atom. The molecule has 2 aliphatic carbocycles. The molecular formula is C19H29N3O3. The molecule has 1 aromatic rings. The Morgan fingerprint density at radius 1 is 1.32 bits per heavy atom. The lowest BCUT2D eigenvalue weighted by Crippen LogP contribution is -2.64. The Bertz CT molecular complexity index is 688. The van der Waals surface area contributed by atoms with Gasteiger partial charge in [-0.3, -0.25) is 14.3 Å². The summed E-state index contributed by atoms with van der Waals surface area (Å²) in [6.45, 7) is 6.32. The second kappa shape index (κ2) is 6.56. The summed E-state index contributed by atoms with van der Waals surface area (Å²) in [5, 5.41) is 4.26. The first-order valence-corrected chi connectivity index (χ1v) is 9.26. The minimum absolute atomic E-state index is 0.0414. The van der Waals surface area contributed by atoms with Crippen LogP contribution in [0.2, 0.25) is 0 Å². The maximum absolute atomic E-state index is 12.9. The third kappa shape index (κ3) is 2.71. The molecule has 0 N–H and O–H groups in total. The van der Waals surface area contributed by atoms with Gasteiger partial charge in [0.05, 0.1) is 17.4 Å². The zero-order valence-corrected chi connectivity index (χ0v) is 16.0. The van der Waals surface area contributed by atoms with Crippen molar-refractivity contribution in [1.29, 1.82) is 0 Å². The van der Waals surface area contributed by atoms with Crippen molar-refractivity contribution in [3.05, 3.63) is 17.0 Å². The van der Waals surface area contributed by atoms with E-state index in [4.69, 9.17) is 4.74 Å². The molecule has 3 rings (SSSR count). The van der Waals surface area contributed by atoms with Crippen LogP contribution in [0.25, 0.3) is 0 Å². The van der Waals surface area contributed by atoms with Crippen LogP contribution in [0, 0.1) is 19.3 Å². The molecule has 2 aliphatic rings. The molecule has 6 heteroatoms. The van der Waals surface area contributed by atoms with Gasteiger partial charge < -0.3 is 9.64 Å². The minimum atomic E-state index is -0.446. The number of aryl methyl sites for hydroxylation is 2. The fraction of sp³-hybridized carbons (Fsp3) is 0.737. The van der Waals surface area contributed by atoms with Gasteiger partial charge in [-0.25, -0.2) is 0 Å². The van der Waals surface area contributed by atoms with Crippen molar-refractivity contribution in [3.8, 4) is 0 Å². The molecule has 2 saturated carbocycles. The average Bonchev–Trinajstić information content (AvgIpc) is 3.17. The van der Waals surface area contributed by atoms with E-state index in [1.807, 2.05) is 13.8 Å². The van der Waals surface area contributed by atoms with E-state index in [-0.39, 0.29) is 17.6 Å². The molecule has 2 fully saturated rings. The molecule has 0 bridgehead atoms. The van der Waals surface area contributed by atoms with E-state index in [0.717, 1.165) is 25.0 Å². The average molecular weight is 347 g/mol. The number of likely N-dealkylation sites (N-methyl/N-ethyl adjacent to an activating group) is 1. The van der Waals surface area contributed by atoms with E-state index in [2.05, 4.69) is 5.10 Å². The van der Waals surface area contributed by atoms with Crippen molar-refractivity contribution in [2.45, 2.75) is 65.0 Å². The maximum Gasteiger partial charge on any atom is 0.295 e. The molecular weight excluding hydrogens is 318 g/mol. The van der Waals surface area contributed by atoms with Gasteiger partial charge in [0.1, 0.15) is 0 Å². The molecule has 0 saturated heterocycles. The first-order valence-electron chi connectivity index (χ1n) is 9.26. The number of Topliss-reactive ketones (excluding diaryl/α,β-unsaturated/α-hetero) is 1. The number of hydrogen-bond acceptors (Lipinski definition) is 4. The zero-order valence-electron chi connectivity index (χ0n) is 16.0. The van der Waals surface area contributed by atoms with Crippen LogP contribution < -0.4 is 0 Å². The molecule has 1 spiro atoms. The summed E-state index contributed by atoms with van der Waals surface area (Å²) >= 11 is 0. The molecule has 0 radical (unpaired) electrons. The van der Waals surface area contributed by atoms with E-state index < -0.39 is 11.7 Å². The fourth-order valence-corrected chi connectivity index (χ4v) is 4.90. The third-order valence-electron chi connectivity index (χ3n) is 6.36. The fourth-order valence-electron chi connectivity index (χ4n) is 4.90. The Labute approximate surface area is 149 Å². The van der Waals surface area contributed by atoms with Crippen molar-refractivity contribution in [2.24, 2.45) is 12.5 Å². The summed E-state index contributed by atoms with van der Waals surface area (Å²) in [6, 6.07) is 0.0975. The Hall–Kier alpha value is -1.69. The number of carbonyl (C=O) groups excluding carboxylic acids is 2. The van der Waals surface area contributed by atoms with Gasteiger partial charge in [0.2, 0.25) is 0 Å². The van der Waals surface area contributed by atoms with Crippen molar-refractivity contribution >= 4 is 11.7 Å². The smallest absolute Gasteiger partial charge is 0.295 e. The van der Waals surface area contributed by atoms with E-state index >= 15 is 0 Å². The molecule has 1 aromatic heterocycles. The molecule has 0 unspecified atom stereocenters. The molecule has 6 nitrogen and oxygen atoms in total. The highest BCUT2D eigenvalue weighted by Gasteiger charge is 2.59. The highest BCUT2D eigenvalue weighted by molar-refractivity contribution is 6.43. The van der Waals surface area contributed by atoms with Crippen LogP contribution in [0.3, 0.4) is 0 Å². The summed E-state index contributed by atoms with van der Waals surface area (Å²) in [5.74, 6) is -0.871. The SMILES string of the molecule is CCO[C@@H]1C[C@@H](N(C)C(=O)C(=O)c2c(C)nn(C)c2C)C12CCCC2. The Balaban J connectivity index is 1.80. The molecule has 1 heterocycles. The lowest BCUT2D eigenvalue weighted by Gasteiger charge is -2.56. The normalized spacial score (nSPS) is 24.4. The maximum atomic E-state index is 12.9. The number of ketones is 1. The molecule has 25 heavy (non-hydrogen) atoms. The quantitative estimate of drug-likeness (QED) is 0.606. The standard InChI is InChI=1S/C19H29N3O3/c1-6-25-15-11-14(19(15)9-7-8-10-19)21(4)18(24)17(23)16-12(2)20-22(5)13(16)3/h14-15H,6-11H2,1-5H3/t14-,15-/m1/s1. The van der Waals surface area contributed by atoms with Crippen LogP contribution in [0.15, 0.2) is 0 Å². The summed E-state index contributed by atoms with van der Waals surface area (Å²) in [6.07, 6.45) is 5.57. The lowest BCUT2D eigenvalue weighted by atomic mass is 9.60. The van der Waals surface area contributed by atoms with Gasteiger partial charge in [0.25, 0.3) is 11.7 Å². The van der Waals surface area contributed by atoms with Gasteiger partial charge in [0.15, 0.2) is 0 Å². The van der Waals surface area contributed by atoms with E-state index in [0.29, 0.717) is 17.9 Å². The van der Waals surface area contributed by atoms with Crippen LogP contribution in [-0.4, -0.2) is 52.2 Å². The monoisotopic (exact) mass is 347 g/mol. The largest absolute Gasteiger partial charge is 0.378 e. The number of hydrogen-bond donors (Lipinski definition) is 0. The Kier molecular flexibility index (Phi) is 4.75. The predicted octanol–water partition coefficient (Wildman–Crippen LogP) is 2.42. The number of carbonyl (C=O) groups is 2. The van der Waals surface area contributed by atoms with E-state index in [1.54, 1.807) is 30.6 Å². The van der Waals surface area contributed by atoms with Crippen LogP contribution in [-0.2, 0) is 16.6 Å². The minimum Gasteiger partial charge on any atom is -0.378 e. The number of nitrogens with zero attached hydrogens (tertiary/aromatic N) is 3. The van der Waals surface area contributed by atoms with Crippen molar-refractivity contribution < 1.29 is 14.3 Å². The summed E-state index contributed by atoms with van der Waals surface area (Å²) in [4.78, 5) is 27.4. The van der Waals surface area contributed by atoms with Crippen LogP contribution in [0.4, 0.5) is 0 Å². The number of amides is 1. The number of aromatic nitrogens is 2. The summed E-state index contributed by atoms with van der Waals surface area (Å²) in [5.41, 5.74) is 1.84. The number of rotatable bonds is 5. The zero-order chi connectivity index (χ0) is 18.4. The molecule has 0 aromatic carbocycles. The van der Waals surface area contributed by atoms with Crippen LogP contribution >= 0.6 is 0 Å². The predicted molar refractivity (Wildman–Crippen MR) is 94.5 cm³/mol. The first kappa shape index (κ1) is 18.1. The van der Waals surface area contributed by atoms with Gasteiger partial charge in [0, 0.05) is 37.9 Å². The second-order valence-electron chi connectivity index (χ2n) is 7.55. The van der Waals surface area contributed by atoms with Gasteiger partial charge in [-0.05, 0) is 40.0 Å². The van der Waals surface area contributed by atoms with Crippen molar-refractivity contribution in [1.82, 2.24) is 14.7 Å². The van der Waals surface area contributed by atoms with E-state index in [9.17, 15) is 9.59 Å². The summed E-state index contributed by atoms with van der Waals surface area (Å²) in [7, 11) is 3.56. The van der Waals surface area contributed by atoms with Gasteiger partial charge in [-0.2, -0.15) is 5.10 Å². The van der Waals surface area contributed by atoms with Gasteiger partial charge >= 0.3 is 0 Å². The van der Waals surface area contributed by atoms with Crippen molar-refractivity contribution in [2.75, 3.05) is 13.7 Å². The van der Waals surface area contributed by atoms with Crippen LogP contribution in [0.1, 0.15) is 60.8 Å². The van der Waals surface area contributed by atoms with Crippen LogP contribution in [0.5, 0.6) is 0 Å². The molecule has 2 atom stereocenters. The van der Waals surface area contributed by atoms with E-state index in [1.165, 1.54) is 12.8 Å². The van der Waals surface area contributed by atoms with Crippen molar-refractivity contribution in [3.63, 3.8) is 0 Å². The second-order valence-corrected chi connectivity index (χ2v) is 7.55. The highest BCUT2D eigenvalue weighted by Crippen LogP contribution is 2.56. The highest BCUT2D eigenvalue weighted by atomic mass is 16.5. The topological polar surface area (TPSA) is 64.4 Å². The molecule has 0 aliphatic heterocycles.